The molecule has 0 radical (unpaired) electrons. The smallest absolute Gasteiger partial charge is 0.261 e. The summed E-state index contributed by atoms with van der Waals surface area (Å²) in [7, 11) is 0. The predicted octanol–water partition coefficient (Wildman–Crippen LogP) is 2.61. The Bertz CT molecular complexity index is 383. The minimum absolute atomic E-state index is 0.0256. The summed E-state index contributed by atoms with van der Waals surface area (Å²) in [5.74, 6) is 0.0256. The molecule has 1 aliphatic rings. The van der Waals surface area contributed by atoms with Crippen LogP contribution in [0, 0.1) is 0 Å². The van der Waals surface area contributed by atoms with E-state index in [-0.39, 0.29) is 18.1 Å². The zero-order valence-electron chi connectivity index (χ0n) is 10.4. The van der Waals surface area contributed by atoms with Gasteiger partial charge in [-0.25, -0.2) is 0 Å². The van der Waals surface area contributed by atoms with Gasteiger partial charge < -0.3 is 10.1 Å². The van der Waals surface area contributed by atoms with E-state index in [1.165, 1.54) is 4.88 Å². The molecule has 1 aliphatic heterocycles. The van der Waals surface area contributed by atoms with Gasteiger partial charge in [0.15, 0.2) is 0 Å². The standard InChI is InChI=1S/C13H19NO2S/c1-3-10-6-7-12(17-10)13(15)14-9(2)11-5-4-8-16-11/h6-7,9,11H,3-5,8H2,1-2H3,(H,14,15)/t9-,11-/m1/s1. The number of hydrogen-bond donors (Lipinski definition) is 1. The van der Waals surface area contributed by atoms with Crippen molar-refractivity contribution in [1.29, 1.82) is 0 Å². The van der Waals surface area contributed by atoms with Gasteiger partial charge in [0.25, 0.3) is 5.91 Å². The van der Waals surface area contributed by atoms with Crippen LogP contribution in [0.4, 0.5) is 0 Å². The fourth-order valence-electron chi connectivity index (χ4n) is 2.06. The summed E-state index contributed by atoms with van der Waals surface area (Å²) in [5, 5.41) is 3.02. The van der Waals surface area contributed by atoms with E-state index >= 15 is 0 Å². The van der Waals surface area contributed by atoms with Crippen molar-refractivity contribution in [3.05, 3.63) is 21.9 Å². The molecule has 0 saturated carbocycles. The molecule has 1 aromatic heterocycles. The zero-order valence-corrected chi connectivity index (χ0v) is 11.2. The fraction of sp³-hybridized carbons (Fsp3) is 0.615. The Labute approximate surface area is 106 Å². The SMILES string of the molecule is CCc1ccc(C(=O)N[C@H](C)[C@H]2CCCO2)s1. The maximum absolute atomic E-state index is 12.0. The van der Waals surface area contributed by atoms with E-state index in [0.717, 1.165) is 30.7 Å². The van der Waals surface area contributed by atoms with Gasteiger partial charge >= 0.3 is 0 Å². The molecule has 2 heterocycles. The quantitative estimate of drug-likeness (QED) is 0.895. The molecule has 94 valence electrons. The first-order valence-electron chi connectivity index (χ1n) is 6.22. The molecule has 1 fully saturated rings. The predicted molar refractivity (Wildman–Crippen MR) is 69.6 cm³/mol. The normalized spacial score (nSPS) is 21.4. The Kier molecular flexibility index (Phi) is 4.18. The van der Waals surface area contributed by atoms with E-state index in [4.69, 9.17) is 4.74 Å². The average Bonchev–Trinajstić information content (AvgIpc) is 3.00. The number of amides is 1. The molecular weight excluding hydrogens is 234 g/mol. The Balaban J connectivity index is 1.91. The lowest BCUT2D eigenvalue weighted by Crippen LogP contribution is -2.40. The van der Waals surface area contributed by atoms with Crippen molar-refractivity contribution >= 4 is 17.2 Å². The van der Waals surface area contributed by atoms with Crippen molar-refractivity contribution in [3.8, 4) is 0 Å². The first-order valence-corrected chi connectivity index (χ1v) is 7.03. The largest absolute Gasteiger partial charge is 0.376 e. The van der Waals surface area contributed by atoms with Gasteiger partial charge in [0, 0.05) is 11.5 Å². The molecule has 17 heavy (non-hydrogen) atoms. The Morgan fingerprint density at radius 3 is 3.06 bits per heavy atom. The molecule has 0 aromatic carbocycles. The van der Waals surface area contributed by atoms with E-state index in [1.807, 2.05) is 19.1 Å². The first-order chi connectivity index (χ1) is 8.20. The highest BCUT2D eigenvalue weighted by molar-refractivity contribution is 7.14. The monoisotopic (exact) mass is 253 g/mol. The molecule has 0 bridgehead atoms. The summed E-state index contributed by atoms with van der Waals surface area (Å²) in [6.07, 6.45) is 3.32. The van der Waals surface area contributed by atoms with Gasteiger partial charge in [0.2, 0.25) is 0 Å². The van der Waals surface area contributed by atoms with Crippen molar-refractivity contribution in [2.45, 2.75) is 45.3 Å². The second-order valence-corrected chi connectivity index (χ2v) is 5.60. The highest BCUT2D eigenvalue weighted by Gasteiger charge is 2.24. The number of rotatable bonds is 4. The third-order valence-electron chi connectivity index (χ3n) is 3.12. The van der Waals surface area contributed by atoms with Gasteiger partial charge in [0.1, 0.15) is 0 Å². The van der Waals surface area contributed by atoms with Crippen LogP contribution in [0.5, 0.6) is 0 Å². The molecular formula is C13H19NO2S. The van der Waals surface area contributed by atoms with Crippen LogP contribution in [0.25, 0.3) is 0 Å². The minimum atomic E-state index is 0.0256. The molecule has 1 aromatic rings. The second kappa shape index (κ2) is 5.65. The number of aryl methyl sites for hydroxylation is 1. The molecule has 2 atom stereocenters. The third-order valence-corrected chi connectivity index (χ3v) is 4.34. The molecule has 2 rings (SSSR count). The topological polar surface area (TPSA) is 38.3 Å². The van der Waals surface area contributed by atoms with Gasteiger partial charge in [-0.1, -0.05) is 6.92 Å². The third kappa shape index (κ3) is 3.07. The van der Waals surface area contributed by atoms with Gasteiger partial charge in [-0.3, -0.25) is 4.79 Å². The molecule has 1 N–H and O–H groups in total. The van der Waals surface area contributed by atoms with Crippen molar-refractivity contribution in [2.75, 3.05) is 6.61 Å². The van der Waals surface area contributed by atoms with Gasteiger partial charge in [-0.05, 0) is 38.3 Å². The highest BCUT2D eigenvalue weighted by atomic mass is 32.1. The lowest BCUT2D eigenvalue weighted by atomic mass is 10.1. The van der Waals surface area contributed by atoms with Gasteiger partial charge in [-0.2, -0.15) is 0 Å². The van der Waals surface area contributed by atoms with E-state index in [0.29, 0.717) is 0 Å². The number of hydrogen-bond acceptors (Lipinski definition) is 3. The van der Waals surface area contributed by atoms with Crippen molar-refractivity contribution in [3.63, 3.8) is 0 Å². The number of ether oxygens (including phenoxy) is 1. The van der Waals surface area contributed by atoms with E-state index in [9.17, 15) is 4.79 Å². The van der Waals surface area contributed by atoms with Crippen molar-refractivity contribution < 1.29 is 9.53 Å². The van der Waals surface area contributed by atoms with Crippen LogP contribution in [0.1, 0.15) is 41.2 Å². The molecule has 0 aliphatic carbocycles. The van der Waals surface area contributed by atoms with Crippen LogP contribution in [0.3, 0.4) is 0 Å². The molecule has 0 spiro atoms. The zero-order chi connectivity index (χ0) is 12.3. The minimum Gasteiger partial charge on any atom is -0.376 e. The van der Waals surface area contributed by atoms with Crippen LogP contribution in [0.15, 0.2) is 12.1 Å². The molecule has 0 unspecified atom stereocenters. The molecule has 1 saturated heterocycles. The maximum Gasteiger partial charge on any atom is 0.261 e. The summed E-state index contributed by atoms with van der Waals surface area (Å²) in [6, 6.07) is 4.02. The summed E-state index contributed by atoms with van der Waals surface area (Å²) in [5.41, 5.74) is 0. The van der Waals surface area contributed by atoms with Crippen LogP contribution < -0.4 is 5.32 Å². The van der Waals surface area contributed by atoms with Crippen molar-refractivity contribution in [1.82, 2.24) is 5.32 Å². The van der Waals surface area contributed by atoms with Crippen LogP contribution in [-0.4, -0.2) is 24.7 Å². The molecule has 1 amide bonds. The van der Waals surface area contributed by atoms with Gasteiger partial charge in [-0.15, -0.1) is 11.3 Å². The number of carbonyl (C=O) groups is 1. The summed E-state index contributed by atoms with van der Waals surface area (Å²) in [4.78, 5) is 14.0. The lowest BCUT2D eigenvalue weighted by molar-refractivity contribution is 0.0714. The van der Waals surface area contributed by atoms with E-state index in [2.05, 4.69) is 12.2 Å². The highest BCUT2D eigenvalue weighted by Crippen LogP contribution is 2.19. The molecule has 4 heteroatoms. The average molecular weight is 253 g/mol. The lowest BCUT2D eigenvalue weighted by Gasteiger charge is -2.19. The van der Waals surface area contributed by atoms with Crippen LogP contribution >= 0.6 is 11.3 Å². The number of nitrogens with one attached hydrogen (secondary N) is 1. The maximum atomic E-state index is 12.0. The van der Waals surface area contributed by atoms with E-state index < -0.39 is 0 Å². The first kappa shape index (κ1) is 12.6. The van der Waals surface area contributed by atoms with Gasteiger partial charge in [0.05, 0.1) is 17.0 Å². The molecule has 3 nitrogen and oxygen atoms in total. The summed E-state index contributed by atoms with van der Waals surface area (Å²) < 4.78 is 5.57. The summed E-state index contributed by atoms with van der Waals surface area (Å²) in [6.45, 7) is 4.94. The Hall–Kier alpha value is -0.870. The van der Waals surface area contributed by atoms with Crippen LogP contribution in [0.2, 0.25) is 0 Å². The van der Waals surface area contributed by atoms with Crippen molar-refractivity contribution in [2.24, 2.45) is 0 Å². The number of thiophene rings is 1. The Morgan fingerprint density at radius 2 is 2.47 bits per heavy atom. The second-order valence-electron chi connectivity index (χ2n) is 4.43. The Morgan fingerprint density at radius 1 is 1.65 bits per heavy atom. The van der Waals surface area contributed by atoms with Crippen LogP contribution in [-0.2, 0) is 11.2 Å². The number of carbonyl (C=O) groups excluding carboxylic acids is 1. The summed E-state index contributed by atoms with van der Waals surface area (Å²) >= 11 is 1.57. The van der Waals surface area contributed by atoms with E-state index in [1.54, 1.807) is 11.3 Å². The fourth-order valence-corrected chi connectivity index (χ4v) is 2.91.